The lowest BCUT2D eigenvalue weighted by molar-refractivity contribution is 0.713. The Morgan fingerprint density at radius 3 is 3.11 bits per heavy atom. The number of nitrogens with zero attached hydrogens (tertiary/aromatic N) is 1. The standard InChI is InChI=1S/C7H11N2/c1-3-6(2)7-4-8-5-9-7/h4,6H,3H2,1-2H3,(H,8,9). The normalized spacial score (nSPS) is 13.6. The Labute approximate surface area is 55.3 Å². The van der Waals surface area contributed by atoms with Crippen molar-refractivity contribution >= 4 is 0 Å². The molecule has 0 bridgehead atoms. The van der Waals surface area contributed by atoms with Crippen LogP contribution in [0.15, 0.2) is 6.20 Å². The number of aromatic nitrogens is 2. The van der Waals surface area contributed by atoms with Crippen LogP contribution in [0.3, 0.4) is 0 Å². The van der Waals surface area contributed by atoms with Crippen LogP contribution in [0.2, 0.25) is 0 Å². The molecule has 1 atom stereocenters. The van der Waals surface area contributed by atoms with Crippen LogP contribution in [0.1, 0.15) is 31.9 Å². The van der Waals surface area contributed by atoms with Crippen LogP contribution in [0.25, 0.3) is 0 Å². The van der Waals surface area contributed by atoms with Gasteiger partial charge in [-0.15, -0.1) is 0 Å². The molecule has 0 aliphatic heterocycles. The molecule has 1 rings (SSSR count). The van der Waals surface area contributed by atoms with E-state index in [1.54, 1.807) is 0 Å². The van der Waals surface area contributed by atoms with Crippen molar-refractivity contribution in [2.24, 2.45) is 0 Å². The highest BCUT2D eigenvalue weighted by Gasteiger charge is 2.02. The van der Waals surface area contributed by atoms with E-state index < -0.39 is 0 Å². The zero-order valence-electron chi connectivity index (χ0n) is 5.81. The first-order valence-corrected chi connectivity index (χ1v) is 3.26. The highest BCUT2D eigenvalue weighted by molar-refractivity contribution is 5.00. The Hall–Kier alpha value is -0.790. The van der Waals surface area contributed by atoms with Crippen LogP contribution in [0.4, 0.5) is 0 Å². The Morgan fingerprint density at radius 1 is 1.89 bits per heavy atom. The predicted octanol–water partition coefficient (Wildman–Crippen LogP) is 1.72. The molecule has 0 aliphatic rings. The van der Waals surface area contributed by atoms with Crippen molar-refractivity contribution in [2.75, 3.05) is 0 Å². The zero-order valence-corrected chi connectivity index (χ0v) is 5.81. The molecular weight excluding hydrogens is 112 g/mol. The van der Waals surface area contributed by atoms with Crippen molar-refractivity contribution in [3.05, 3.63) is 18.2 Å². The second-order valence-electron chi connectivity index (χ2n) is 2.25. The molecule has 0 aromatic carbocycles. The van der Waals surface area contributed by atoms with E-state index in [0.29, 0.717) is 5.92 Å². The topological polar surface area (TPSA) is 28.7 Å². The first kappa shape index (κ1) is 6.33. The molecule has 1 aromatic rings. The van der Waals surface area contributed by atoms with Gasteiger partial charge < -0.3 is 4.98 Å². The summed E-state index contributed by atoms with van der Waals surface area (Å²) in [5, 5.41) is 0. The second-order valence-corrected chi connectivity index (χ2v) is 2.25. The number of H-pyrrole nitrogens is 1. The van der Waals surface area contributed by atoms with Gasteiger partial charge >= 0.3 is 0 Å². The molecule has 0 saturated heterocycles. The van der Waals surface area contributed by atoms with E-state index in [2.05, 4.69) is 30.1 Å². The van der Waals surface area contributed by atoms with Gasteiger partial charge in [0.2, 0.25) is 0 Å². The van der Waals surface area contributed by atoms with Crippen molar-refractivity contribution < 1.29 is 0 Å². The van der Waals surface area contributed by atoms with E-state index in [1.165, 1.54) is 0 Å². The molecule has 2 heteroatoms. The maximum absolute atomic E-state index is 4.01. The molecule has 1 unspecified atom stereocenters. The molecular formula is C7H11N2. The van der Waals surface area contributed by atoms with Gasteiger partial charge in [-0.3, -0.25) is 0 Å². The fourth-order valence-electron chi connectivity index (χ4n) is 0.697. The zero-order chi connectivity index (χ0) is 6.69. The Kier molecular flexibility index (Phi) is 1.88. The summed E-state index contributed by atoms with van der Waals surface area (Å²) in [7, 11) is 0. The van der Waals surface area contributed by atoms with E-state index in [1.807, 2.05) is 6.20 Å². The number of aromatic amines is 1. The maximum Gasteiger partial charge on any atom is 0.173 e. The van der Waals surface area contributed by atoms with Gasteiger partial charge in [0.25, 0.3) is 0 Å². The summed E-state index contributed by atoms with van der Waals surface area (Å²) in [4.78, 5) is 6.82. The highest BCUT2D eigenvalue weighted by Crippen LogP contribution is 2.13. The minimum atomic E-state index is 0.562. The van der Waals surface area contributed by atoms with Gasteiger partial charge in [-0.1, -0.05) is 13.8 Å². The molecule has 1 heterocycles. The van der Waals surface area contributed by atoms with Gasteiger partial charge in [0.05, 0.1) is 5.69 Å². The van der Waals surface area contributed by atoms with Gasteiger partial charge in [-0.2, -0.15) is 0 Å². The van der Waals surface area contributed by atoms with E-state index in [0.717, 1.165) is 12.1 Å². The third kappa shape index (κ3) is 1.31. The summed E-state index contributed by atoms with van der Waals surface area (Å²) in [6, 6.07) is 0. The third-order valence-electron chi connectivity index (χ3n) is 1.59. The quantitative estimate of drug-likeness (QED) is 0.637. The molecule has 0 aliphatic carbocycles. The molecule has 2 nitrogen and oxygen atoms in total. The average Bonchev–Trinajstić information content (AvgIpc) is 2.37. The van der Waals surface area contributed by atoms with Crippen molar-refractivity contribution in [3.63, 3.8) is 0 Å². The van der Waals surface area contributed by atoms with Crippen LogP contribution in [0, 0.1) is 6.33 Å². The SMILES string of the molecule is CCC(C)c1c[nH][c]n1. The number of rotatable bonds is 2. The van der Waals surface area contributed by atoms with Crippen LogP contribution in [0.5, 0.6) is 0 Å². The van der Waals surface area contributed by atoms with E-state index in [-0.39, 0.29) is 0 Å². The van der Waals surface area contributed by atoms with Crippen molar-refractivity contribution in [1.82, 2.24) is 9.97 Å². The fraction of sp³-hybridized carbons (Fsp3) is 0.571. The number of hydrogen-bond acceptors (Lipinski definition) is 1. The molecule has 0 spiro atoms. The molecule has 1 aromatic heterocycles. The van der Waals surface area contributed by atoms with E-state index in [9.17, 15) is 0 Å². The van der Waals surface area contributed by atoms with Crippen LogP contribution in [-0.2, 0) is 0 Å². The summed E-state index contributed by atoms with van der Waals surface area (Å²) in [5.74, 6) is 0.562. The Balaban J connectivity index is 2.65. The monoisotopic (exact) mass is 123 g/mol. The molecule has 9 heavy (non-hydrogen) atoms. The number of imidazole rings is 1. The minimum absolute atomic E-state index is 0.562. The summed E-state index contributed by atoms with van der Waals surface area (Å²) >= 11 is 0. The van der Waals surface area contributed by atoms with Crippen molar-refractivity contribution in [3.8, 4) is 0 Å². The molecule has 0 saturated carbocycles. The molecule has 1 radical (unpaired) electrons. The fourth-order valence-corrected chi connectivity index (χ4v) is 0.697. The summed E-state index contributed by atoms with van der Waals surface area (Å²) < 4.78 is 0. The lowest BCUT2D eigenvalue weighted by atomic mass is 10.1. The van der Waals surface area contributed by atoms with Crippen LogP contribution >= 0.6 is 0 Å². The average molecular weight is 123 g/mol. The smallest absolute Gasteiger partial charge is 0.173 e. The summed E-state index contributed by atoms with van der Waals surface area (Å²) in [6.45, 7) is 4.31. The molecule has 0 amide bonds. The molecule has 0 fully saturated rings. The van der Waals surface area contributed by atoms with Crippen molar-refractivity contribution in [2.45, 2.75) is 26.2 Å². The molecule has 49 valence electrons. The van der Waals surface area contributed by atoms with Crippen LogP contribution in [-0.4, -0.2) is 9.97 Å². The third-order valence-corrected chi connectivity index (χ3v) is 1.59. The largest absolute Gasteiger partial charge is 0.342 e. The maximum atomic E-state index is 4.01. The lowest BCUT2D eigenvalue weighted by Gasteiger charge is -2.00. The minimum Gasteiger partial charge on any atom is -0.342 e. The highest BCUT2D eigenvalue weighted by atomic mass is 14.9. The second kappa shape index (κ2) is 2.67. The predicted molar refractivity (Wildman–Crippen MR) is 36.1 cm³/mol. The van der Waals surface area contributed by atoms with Gasteiger partial charge in [0.1, 0.15) is 0 Å². The number of hydrogen-bond donors (Lipinski definition) is 1. The van der Waals surface area contributed by atoms with Gasteiger partial charge in [0.15, 0.2) is 6.33 Å². The van der Waals surface area contributed by atoms with E-state index >= 15 is 0 Å². The summed E-state index contributed by atoms with van der Waals surface area (Å²) in [5.41, 5.74) is 1.11. The Morgan fingerprint density at radius 2 is 2.67 bits per heavy atom. The van der Waals surface area contributed by atoms with Crippen LogP contribution < -0.4 is 0 Å². The van der Waals surface area contributed by atoms with Gasteiger partial charge in [-0.25, -0.2) is 4.98 Å². The Bertz CT molecular complexity index is 155. The lowest BCUT2D eigenvalue weighted by Crippen LogP contribution is -1.89. The van der Waals surface area contributed by atoms with E-state index in [4.69, 9.17) is 0 Å². The summed E-state index contributed by atoms with van der Waals surface area (Å²) in [6.07, 6.45) is 5.70. The first-order chi connectivity index (χ1) is 4.34. The first-order valence-electron chi connectivity index (χ1n) is 3.26. The molecule has 1 N–H and O–H groups in total. The number of nitrogens with one attached hydrogen (secondary N) is 1. The van der Waals surface area contributed by atoms with Crippen molar-refractivity contribution in [1.29, 1.82) is 0 Å². The van der Waals surface area contributed by atoms with Gasteiger partial charge in [0, 0.05) is 6.20 Å². The van der Waals surface area contributed by atoms with Gasteiger partial charge in [-0.05, 0) is 12.3 Å².